The van der Waals surface area contributed by atoms with Gasteiger partial charge < -0.3 is 15.2 Å². The minimum atomic E-state index is -0.258. The average molecular weight is 268 g/mol. The summed E-state index contributed by atoms with van der Waals surface area (Å²) in [4.78, 5) is 21.1. The maximum Gasteiger partial charge on any atom is 0.347 e. The zero-order valence-electron chi connectivity index (χ0n) is 11.1. The van der Waals surface area contributed by atoms with Crippen LogP contribution in [0.1, 0.15) is 16.8 Å². The molecule has 0 amide bonds. The summed E-state index contributed by atoms with van der Waals surface area (Å²) >= 11 is 0. The number of benzene rings is 1. The zero-order valence-corrected chi connectivity index (χ0v) is 11.1. The van der Waals surface area contributed by atoms with E-state index in [0.717, 1.165) is 44.0 Å². The van der Waals surface area contributed by atoms with Gasteiger partial charge in [0, 0.05) is 30.0 Å². The summed E-state index contributed by atoms with van der Waals surface area (Å²) in [6.45, 7) is 2.55. The number of aromatic nitrogens is 2. The Hall–Kier alpha value is -2.14. The molecule has 5 nitrogen and oxygen atoms in total. The molecule has 1 aromatic carbocycles. The molecule has 2 N–H and O–H groups in total. The summed E-state index contributed by atoms with van der Waals surface area (Å²) in [5, 5.41) is 3.29. The fourth-order valence-corrected chi connectivity index (χ4v) is 3.15. The highest BCUT2D eigenvalue weighted by Gasteiger charge is 2.26. The fraction of sp³-hybridized carbons (Fsp3) is 0.333. The van der Waals surface area contributed by atoms with Gasteiger partial charge in [-0.3, -0.25) is 0 Å². The van der Waals surface area contributed by atoms with E-state index in [1.165, 1.54) is 16.8 Å². The second-order valence-electron chi connectivity index (χ2n) is 5.28. The molecule has 0 saturated heterocycles. The van der Waals surface area contributed by atoms with Gasteiger partial charge in [0.1, 0.15) is 5.82 Å². The standard InChI is InChI=1S/C15H16N4O/c20-15-17-12-9-16-7-5-11(12)14(18-15)19-8-6-10-3-1-2-4-13(10)19/h1-4,16H,5-9H2,(H,17,18,20). The molecule has 0 bridgehead atoms. The first kappa shape index (κ1) is 11.7. The number of H-pyrrole nitrogens is 1. The molecule has 102 valence electrons. The summed E-state index contributed by atoms with van der Waals surface area (Å²) in [6, 6.07) is 8.36. The first-order chi connectivity index (χ1) is 9.83. The second kappa shape index (κ2) is 4.45. The minimum absolute atomic E-state index is 0.258. The molecule has 0 aliphatic carbocycles. The van der Waals surface area contributed by atoms with E-state index < -0.39 is 0 Å². The normalized spacial score (nSPS) is 16.9. The smallest absolute Gasteiger partial charge is 0.325 e. The number of fused-ring (bicyclic) bond motifs is 2. The molecule has 2 aliphatic rings. The predicted molar refractivity (Wildman–Crippen MR) is 77.4 cm³/mol. The van der Waals surface area contributed by atoms with Gasteiger partial charge in [0.2, 0.25) is 0 Å². The molecule has 5 heteroatoms. The van der Waals surface area contributed by atoms with Crippen molar-refractivity contribution in [2.75, 3.05) is 18.0 Å². The van der Waals surface area contributed by atoms with Crippen LogP contribution in [0.5, 0.6) is 0 Å². The largest absolute Gasteiger partial charge is 0.347 e. The van der Waals surface area contributed by atoms with Gasteiger partial charge in [-0.1, -0.05) is 18.2 Å². The molecule has 0 atom stereocenters. The van der Waals surface area contributed by atoms with Gasteiger partial charge in [0.05, 0.1) is 0 Å². The first-order valence-electron chi connectivity index (χ1n) is 7.01. The Bertz CT molecular complexity index is 722. The third kappa shape index (κ3) is 1.74. The third-order valence-corrected chi connectivity index (χ3v) is 4.10. The van der Waals surface area contributed by atoms with E-state index in [9.17, 15) is 4.79 Å². The van der Waals surface area contributed by atoms with Crippen LogP contribution in [-0.2, 0) is 19.4 Å². The van der Waals surface area contributed by atoms with E-state index in [1.54, 1.807) is 0 Å². The SMILES string of the molecule is O=c1nc(N2CCc3ccccc32)c2c([nH]1)CNCC2. The van der Waals surface area contributed by atoms with E-state index in [0.29, 0.717) is 0 Å². The van der Waals surface area contributed by atoms with Crippen LogP contribution >= 0.6 is 0 Å². The molecular weight excluding hydrogens is 252 g/mol. The lowest BCUT2D eigenvalue weighted by Crippen LogP contribution is -2.32. The van der Waals surface area contributed by atoms with Crippen LogP contribution in [0.15, 0.2) is 29.1 Å². The van der Waals surface area contributed by atoms with Crippen molar-refractivity contribution in [1.82, 2.24) is 15.3 Å². The summed E-state index contributed by atoms with van der Waals surface area (Å²) in [5.74, 6) is 0.843. The van der Waals surface area contributed by atoms with Crippen molar-refractivity contribution in [1.29, 1.82) is 0 Å². The molecule has 20 heavy (non-hydrogen) atoms. The van der Waals surface area contributed by atoms with Crippen molar-refractivity contribution < 1.29 is 0 Å². The molecule has 0 saturated carbocycles. The van der Waals surface area contributed by atoms with Crippen LogP contribution in [0.4, 0.5) is 11.5 Å². The zero-order chi connectivity index (χ0) is 13.5. The second-order valence-corrected chi connectivity index (χ2v) is 5.28. The van der Waals surface area contributed by atoms with Crippen LogP contribution in [0, 0.1) is 0 Å². The Morgan fingerprint density at radius 2 is 2.10 bits per heavy atom. The quantitative estimate of drug-likeness (QED) is 0.813. The van der Waals surface area contributed by atoms with Crippen LogP contribution in [0.25, 0.3) is 0 Å². The molecule has 0 unspecified atom stereocenters. The van der Waals surface area contributed by atoms with Crippen molar-refractivity contribution in [2.45, 2.75) is 19.4 Å². The number of aromatic amines is 1. The molecule has 2 aliphatic heterocycles. The van der Waals surface area contributed by atoms with Crippen molar-refractivity contribution in [3.63, 3.8) is 0 Å². The van der Waals surface area contributed by atoms with E-state index in [2.05, 4.69) is 38.4 Å². The van der Waals surface area contributed by atoms with Crippen LogP contribution in [-0.4, -0.2) is 23.1 Å². The Morgan fingerprint density at radius 1 is 1.20 bits per heavy atom. The summed E-state index contributed by atoms with van der Waals surface area (Å²) in [6.07, 6.45) is 1.92. The topological polar surface area (TPSA) is 61.0 Å². The van der Waals surface area contributed by atoms with Gasteiger partial charge >= 0.3 is 5.69 Å². The van der Waals surface area contributed by atoms with Gasteiger partial charge in [-0.15, -0.1) is 0 Å². The van der Waals surface area contributed by atoms with E-state index in [-0.39, 0.29) is 5.69 Å². The molecule has 0 radical (unpaired) electrons. The van der Waals surface area contributed by atoms with E-state index in [4.69, 9.17) is 0 Å². The maximum atomic E-state index is 11.8. The fourth-order valence-electron chi connectivity index (χ4n) is 3.15. The highest BCUT2D eigenvalue weighted by molar-refractivity contribution is 5.69. The van der Waals surface area contributed by atoms with Crippen LogP contribution < -0.4 is 15.9 Å². The first-order valence-corrected chi connectivity index (χ1v) is 7.01. The molecule has 3 heterocycles. The highest BCUT2D eigenvalue weighted by atomic mass is 16.1. The summed E-state index contributed by atoms with van der Waals surface area (Å²) < 4.78 is 0. The minimum Gasteiger partial charge on any atom is -0.325 e. The molecule has 0 fully saturated rings. The predicted octanol–water partition coefficient (Wildman–Crippen LogP) is 1.11. The van der Waals surface area contributed by atoms with Crippen molar-refractivity contribution >= 4 is 11.5 Å². The summed E-state index contributed by atoms with van der Waals surface area (Å²) in [5.41, 5.74) is 4.42. The van der Waals surface area contributed by atoms with Crippen LogP contribution in [0.2, 0.25) is 0 Å². The number of rotatable bonds is 1. The lowest BCUT2D eigenvalue weighted by molar-refractivity contribution is 0.618. The highest BCUT2D eigenvalue weighted by Crippen LogP contribution is 2.35. The third-order valence-electron chi connectivity index (χ3n) is 4.10. The maximum absolute atomic E-state index is 11.8. The van der Waals surface area contributed by atoms with Gasteiger partial charge in [-0.05, 0) is 31.0 Å². The number of hydrogen-bond donors (Lipinski definition) is 2. The van der Waals surface area contributed by atoms with Gasteiger partial charge in [0.15, 0.2) is 0 Å². The number of para-hydroxylation sites is 1. The molecule has 0 spiro atoms. The van der Waals surface area contributed by atoms with Gasteiger partial charge in [-0.2, -0.15) is 4.98 Å². The lowest BCUT2D eigenvalue weighted by atomic mass is 10.1. The molecular formula is C15H16N4O. The Balaban J connectivity index is 1.88. The lowest BCUT2D eigenvalue weighted by Gasteiger charge is -2.25. The number of nitrogens with zero attached hydrogens (tertiary/aromatic N) is 2. The Morgan fingerprint density at radius 3 is 3.05 bits per heavy atom. The molecule has 1 aromatic heterocycles. The Labute approximate surface area is 116 Å². The van der Waals surface area contributed by atoms with Crippen LogP contribution in [0.3, 0.4) is 0 Å². The Kier molecular flexibility index (Phi) is 2.60. The van der Waals surface area contributed by atoms with Gasteiger partial charge in [-0.25, -0.2) is 4.79 Å². The van der Waals surface area contributed by atoms with Crippen molar-refractivity contribution in [3.8, 4) is 0 Å². The molecule has 2 aromatic rings. The number of anilines is 2. The number of hydrogen-bond acceptors (Lipinski definition) is 4. The monoisotopic (exact) mass is 268 g/mol. The average Bonchev–Trinajstić information content (AvgIpc) is 2.90. The van der Waals surface area contributed by atoms with Gasteiger partial charge in [0.25, 0.3) is 0 Å². The summed E-state index contributed by atoms with van der Waals surface area (Å²) in [7, 11) is 0. The van der Waals surface area contributed by atoms with E-state index >= 15 is 0 Å². The van der Waals surface area contributed by atoms with Crippen molar-refractivity contribution in [3.05, 3.63) is 51.6 Å². The van der Waals surface area contributed by atoms with E-state index in [1.807, 2.05) is 6.07 Å². The van der Waals surface area contributed by atoms with Crippen molar-refractivity contribution in [2.24, 2.45) is 0 Å². The molecule has 4 rings (SSSR count). The number of nitrogens with one attached hydrogen (secondary N) is 2.